The van der Waals surface area contributed by atoms with Gasteiger partial charge in [-0.25, -0.2) is 0 Å². The van der Waals surface area contributed by atoms with E-state index in [1.807, 2.05) is 6.07 Å². The van der Waals surface area contributed by atoms with E-state index in [1.54, 1.807) is 6.07 Å². The summed E-state index contributed by atoms with van der Waals surface area (Å²) in [5, 5.41) is 30.3. The Labute approximate surface area is 150 Å². The van der Waals surface area contributed by atoms with Crippen molar-refractivity contribution in [1.29, 1.82) is 5.26 Å². The third kappa shape index (κ3) is 2.16. The number of alkyl halides is 1. The Morgan fingerprint density at radius 2 is 2.17 bits per heavy atom. The molecule has 4 rings (SSSR count). The number of hydrogen-bond donors (Lipinski definition) is 2. The topological polar surface area (TPSA) is 64.2 Å². The lowest BCUT2D eigenvalue weighted by Crippen LogP contribution is -2.47. The Bertz CT molecular complexity index is 684. The first kappa shape index (κ1) is 15.7. The number of hydrogen-bond acceptors (Lipinski definition) is 3. The summed E-state index contributed by atoms with van der Waals surface area (Å²) in [6, 6.07) is 8.24. The average molecular weight is 423 g/mol. The number of benzene rings is 1. The van der Waals surface area contributed by atoms with Gasteiger partial charge < -0.3 is 10.2 Å². The number of phenols is 1. The van der Waals surface area contributed by atoms with Crippen LogP contribution < -0.4 is 0 Å². The second-order valence-corrected chi connectivity index (χ2v) is 9.45. The van der Waals surface area contributed by atoms with Crippen LogP contribution >= 0.6 is 22.6 Å². The Balaban J connectivity index is 1.79. The van der Waals surface area contributed by atoms with Crippen LogP contribution in [-0.4, -0.2) is 20.2 Å². The smallest absolute Gasteiger partial charge is 0.115 e. The van der Waals surface area contributed by atoms with Crippen LogP contribution in [0, 0.1) is 34.5 Å². The third-order valence-electron chi connectivity index (χ3n) is 6.86. The molecule has 3 aliphatic carbocycles. The zero-order valence-electron chi connectivity index (χ0n) is 13.2. The fourth-order valence-corrected chi connectivity index (χ4v) is 7.07. The van der Waals surface area contributed by atoms with Gasteiger partial charge in [0.15, 0.2) is 0 Å². The van der Waals surface area contributed by atoms with Crippen LogP contribution in [-0.2, 0) is 6.42 Å². The molecule has 0 unspecified atom stereocenters. The van der Waals surface area contributed by atoms with E-state index in [4.69, 9.17) is 0 Å². The van der Waals surface area contributed by atoms with Crippen LogP contribution in [0.2, 0.25) is 0 Å². The molecule has 122 valence electrons. The van der Waals surface area contributed by atoms with Crippen molar-refractivity contribution in [2.24, 2.45) is 23.2 Å². The van der Waals surface area contributed by atoms with Crippen molar-refractivity contribution in [2.75, 3.05) is 0 Å². The van der Waals surface area contributed by atoms with Crippen molar-refractivity contribution in [3.63, 3.8) is 0 Å². The van der Waals surface area contributed by atoms with Gasteiger partial charge in [-0.3, -0.25) is 0 Å². The van der Waals surface area contributed by atoms with E-state index >= 15 is 0 Å². The van der Waals surface area contributed by atoms with Crippen LogP contribution in [0.3, 0.4) is 0 Å². The van der Waals surface area contributed by atoms with Gasteiger partial charge in [-0.05, 0) is 72.1 Å². The number of fused-ring (bicyclic) bond motifs is 5. The van der Waals surface area contributed by atoms with Crippen molar-refractivity contribution < 1.29 is 10.2 Å². The molecule has 3 aliphatic rings. The van der Waals surface area contributed by atoms with Crippen molar-refractivity contribution in [1.82, 2.24) is 0 Å². The largest absolute Gasteiger partial charge is 0.508 e. The van der Waals surface area contributed by atoms with E-state index in [9.17, 15) is 15.5 Å². The highest BCUT2D eigenvalue weighted by molar-refractivity contribution is 14.1. The Morgan fingerprint density at radius 1 is 1.39 bits per heavy atom. The number of phenolic OH excluding ortho intramolecular Hbond substituents is 1. The Morgan fingerprint density at radius 3 is 2.91 bits per heavy atom. The molecule has 1 aromatic carbocycles. The van der Waals surface area contributed by atoms with Crippen LogP contribution in [0.5, 0.6) is 5.75 Å². The number of rotatable bonds is 0. The fraction of sp³-hybridized carbons (Fsp3) is 0.632. The standard InChI is InChI=1S/C19H22INO2/c1-19-5-4-14-13-3-2-12(22)7-10(13)6-11(9-21)17(14)15(19)8-16(20)18(19)23/h2-3,7,11,14-18,22-23H,4-6,8H2,1H3/t11-,14+,15-,16+,17+,18-,19-/m0/s1. The minimum atomic E-state index is -0.255. The predicted molar refractivity (Wildman–Crippen MR) is 96.4 cm³/mol. The molecule has 7 atom stereocenters. The lowest BCUT2D eigenvalue weighted by atomic mass is 9.53. The number of halogens is 1. The molecule has 0 aliphatic heterocycles. The van der Waals surface area contributed by atoms with E-state index < -0.39 is 0 Å². The van der Waals surface area contributed by atoms with Gasteiger partial charge in [0, 0.05) is 3.92 Å². The maximum atomic E-state index is 10.7. The quantitative estimate of drug-likeness (QED) is 0.493. The van der Waals surface area contributed by atoms with Gasteiger partial charge in [0.2, 0.25) is 0 Å². The van der Waals surface area contributed by atoms with E-state index in [1.165, 1.54) is 5.56 Å². The summed E-state index contributed by atoms with van der Waals surface area (Å²) < 4.78 is 0.293. The summed E-state index contributed by atoms with van der Waals surface area (Å²) in [6.07, 6.45) is 3.56. The molecule has 0 radical (unpaired) electrons. The summed E-state index contributed by atoms with van der Waals surface area (Å²) in [5.74, 6) is 1.45. The molecule has 4 heteroatoms. The molecule has 2 fully saturated rings. The molecule has 0 heterocycles. The first-order valence-corrected chi connectivity index (χ1v) is 9.74. The second kappa shape index (κ2) is 5.35. The summed E-state index contributed by atoms with van der Waals surface area (Å²) in [4.78, 5) is 0. The van der Waals surface area contributed by atoms with Crippen LogP contribution in [0.15, 0.2) is 18.2 Å². The van der Waals surface area contributed by atoms with Crippen LogP contribution in [0.1, 0.15) is 43.2 Å². The van der Waals surface area contributed by atoms with Gasteiger partial charge in [-0.15, -0.1) is 0 Å². The lowest BCUT2D eigenvalue weighted by molar-refractivity contribution is -0.0296. The first-order valence-electron chi connectivity index (χ1n) is 8.49. The molecule has 0 bridgehead atoms. The number of aromatic hydroxyl groups is 1. The van der Waals surface area contributed by atoms with Gasteiger partial charge >= 0.3 is 0 Å². The van der Waals surface area contributed by atoms with Crippen LogP contribution in [0.4, 0.5) is 0 Å². The predicted octanol–water partition coefficient (Wildman–Crippen LogP) is 3.77. The van der Waals surface area contributed by atoms with Crippen molar-refractivity contribution in [3.05, 3.63) is 29.3 Å². The summed E-state index contributed by atoms with van der Waals surface area (Å²) in [5.41, 5.74) is 2.43. The second-order valence-electron chi connectivity index (χ2n) is 7.85. The molecule has 0 aromatic heterocycles. The zero-order valence-corrected chi connectivity index (χ0v) is 15.4. The lowest BCUT2D eigenvalue weighted by Gasteiger charge is -2.51. The average Bonchev–Trinajstić information content (AvgIpc) is 2.77. The van der Waals surface area contributed by atoms with E-state index in [0.29, 0.717) is 27.4 Å². The minimum absolute atomic E-state index is 0.00664. The maximum Gasteiger partial charge on any atom is 0.115 e. The third-order valence-corrected chi connectivity index (χ3v) is 8.05. The molecule has 23 heavy (non-hydrogen) atoms. The van der Waals surface area contributed by atoms with Gasteiger partial charge in [-0.2, -0.15) is 5.26 Å². The van der Waals surface area contributed by atoms with Gasteiger partial charge in [0.05, 0.1) is 18.1 Å². The monoisotopic (exact) mass is 423 g/mol. The zero-order chi connectivity index (χ0) is 16.4. The van der Waals surface area contributed by atoms with E-state index in [-0.39, 0.29) is 17.4 Å². The maximum absolute atomic E-state index is 10.7. The molecule has 0 saturated heterocycles. The molecule has 2 saturated carbocycles. The molecule has 0 amide bonds. The highest BCUT2D eigenvalue weighted by Gasteiger charge is 2.59. The molecular weight excluding hydrogens is 401 g/mol. The Hall–Kier alpha value is -0.800. The van der Waals surface area contributed by atoms with E-state index in [0.717, 1.165) is 31.2 Å². The minimum Gasteiger partial charge on any atom is -0.508 e. The fourth-order valence-electron chi connectivity index (χ4n) is 5.70. The molecule has 3 nitrogen and oxygen atoms in total. The Kier molecular flexibility index (Phi) is 3.66. The van der Waals surface area contributed by atoms with E-state index in [2.05, 4.69) is 41.7 Å². The summed E-state index contributed by atoms with van der Waals surface area (Å²) in [6.45, 7) is 2.23. The number of aliphatic hydroxyl groups is 1. The molecule has 2 N–H and O–H groups in total. The van der Waals surface area contributed by atoms with Crippen molar-refractivity contribution in [3.8, 4) is 11.8 Å². The highest BCUT2D eigenvalue weighted by atomic mass is 127. The molecule has 1 aromatic rings. The van der Waals surface area contributed by atoms with Gasteiger partial charge in [-0.1, -0.05) is 35.6 Å². The number of nitriles is 1. The normalized spacial score (nSPS) is 44.8. The van der Waals surface area contributed by atoms with Crippen molar-refractivity contribution >= 4 is 22.6 Å². The molecular formula is C19H22INO2. The van der Waals surface area contributed by atoms with Gasteiger partial charge in [0.1, 0.15) is 5.75 Å². The summed E-state index contributed by atoms with van der Waals surface area (Å²) >= 11 is 2.39. The van der Waals surface area contributed by atoms with Gasteiger partial charge in [0.25, 0.3) is 0 Å². The number of nitrogens with zero attached hydrogens (tertiary/aromatic N) is 1. The highest BCUT2D eigenvalue weighted by Crippen LogP contribution is 2.63. The first-order chi connectivity index (χ1) is 11.0. The number of aliphatic hydroxyl groups excluding tert-OH is 1. The van der Waals surface area contributed by atoms with Crippen molar-refractivity contribution in [2.45, 2.75) is 48.6 Å². The SMILES string of the molecule is C[C@]12CC[C@@H]3c4ccc(O)cc4C[C@@H](C#N)[C@H]3[C@@H]1C[C@@H](I)[C@@H]2O. The molecule has 0 spiro atoms. The van der Waals surface area contributed by atoms with Crippen LogP contribution in [0.25, 0.3) is 0 Å². The summed E-state index contributed by atoms with van der Waals surface area (Å²) in [7, 11) is 0.